The molecule has 1 atom stereocenters. The Hall–Kier alpha value is -2.96. The fraction of sp³-hybridized carbons (Fsp3) is 0.400. The Labute approximate surface area is 157 Å². The fourth-order valence-corrected chi connectivity index (χ4v) is 3.52. The third-order valence-electron chi connectivity index (χ3n) is 5.06. The van der Waals surface area contributed by atoms with Crippen LogP contribution in [0.25, 0.3) is 11.4 Å². The highest BCUT2D eigenvalue weighted by atomic mass is 16.5. The molecule has 0 saturated heterocycles. The van der Waals surface area contributed by atoms with Crippen LogP contribution in [-0.2, 0) is 19.4 Å². The average molecular weight is 365 g/mol. The highest BCUT2D eigenvalue weighted by Crippen LogP contribution is 2.27. The Balaban J connectivity index is 1.49. The summed E-state index contributed by atoms with van der Waals surface area (Å²) in [4.78, 5) is 18.9. The molecular formula is C20H23N5O2. The summed E-state index contributed by atoms with van der Waals surface area (Å²) in [5.41, 5.74) is 4.68. The van der Waals surface area contributed by atoms with Crippen LogP contribution >= 0.6 is 0 Å². The van der Waals surface area contributed by atoms with Crippen molar-refractivity contribution < 1.29 is 9.32 Å². The second-order valence-corrected chi connectivity index (χ2v) is 7.42. The lowest BCUT2D eigenvalue weighted by atomic mass is 9.87. The third kappa shape index (κ3) is 3.49. The van der Waals surface area contributed by atoms with Gasteiger partial charge in [-0.15, -0.1) is 0 Å². The smallest absolute Gasteiger partial charge is 0.274 e. The number of fused-ring (bicyclic) bond motifs is 1. The van der Waals surface area contributed by atoms with Crippen LogP contribution in [0.5, 0.6) is 0 Å². The predicted molar refractivity (Wildman–Crippen MR) is 100 cm³/mol. The number of nitrogens with zero attached hydrogens (tertiary/aromatic N) is 4. The van der Waals surface area contributed by atoms with Crippen molar-refractivity contribution in [3.8, 4) is 11.4 Å². The first-order valence-electron chi connectivity index (χ1n) is 9.22. The lowest BCUT2D eigenvalue weighted by molar-refractivity contribution is 0.0762. The molecule has 2 aromatic heterocycles. The standard InChI is InChI=1S/C20H23N5O2/c1-12-5-4-6-14(9-12)19-21-17(27-24-19)11-25(3)20(26)18-15-10-13(2)7-8-16(15)22-23-18/h4-6,9,13H,7-8,10-11H2,1-3H3,(H,22,23). The second kappa shape index (κ2) is 6.98. The lowest BCUT2D eigenvalue weighted by Gasteiger charge is -2.19. The van der Waals surface area contributed by atoms with E-state index in [0.29, 0.717) is 23.3 Å². The molecule has 1 aromatic carbocycles. The van der Waals surface area contributed by atoms with Crippen molar-refractivity contribution in [1.29, 1.82) is 0 Å². The van der Waals surface area contributed by atoms with Crippen LogP contribution < -0.4 is 0 Å². The number of hydrogen-bond acceptors (Lipinski definition) is 5. The molecule has 1 aliphatic rings. The molecule has 140 valence electrons. The molecule has 0 bridgehead atoms. The van der Waals surface area contributed by atoms with Crippen LogP contribution in [-0.4, -0.2) is 38.2 Å². The number of benzene rings is 1. The zero-order valence-corrected chi connectivity index (χ0v) is 15.8. The molecule has 0 radical (unpaired) electrons. The maximum absolute atomic E-state index is 12.9. The number of amides is 1. The number of rotatable bonds is 4. The summed E-state index contributed by atoms with van der Waals surface area (Å²) in [6.45, 7) is 4.47. The zero-order chi connectivity index (χ0) is 19.0. The first-order valence-corrected chi connectivity index (χ1v) is 9.22. The van der Waals surface area contributed by atoms with Gasteiger partial charge in [0.1, 0.15) is 6.54 Å². The Bertz CT molecular complexity index is 974. The van der Waals surface area contributed by atoms with Gasteiger partial charge in [-0.1, -0.05) is 35.8 Å². The molecule has 27 heavy (non-hydrogen) atoms. The van der Waals surface area contributed by atoms with Gasteiger partial charge in [-0.05, 0) is 38.2 Å². The molecule has 7 heteroatoms. The fourth-order valence-electron chi connectivity index (χ4n) is 3.52. The van der Waals surface area contributed by atoms with Gasteiger partial charge in [0, 0.05) is 23.9 Å². The minimum atomic E-state index is -0.128. The molecule has 1 aliphatic carbocycles. The van der Waals surface area contributed by atoms with E-state index in [9.17, 15) is 4.79 Å². The summed E-state index contributed by atoms with van der Waals surface area (Å²) in [6, 6.07) is 7.91. The average Bonchev–Trinajstić information content (AvgIpc) is 3.27. The quantitative estimate of drug-likeness (QED) is 0.767. The maximum atomic E-state index is 12.9. The Kier molecular flexibility index (Phi) is 4.51. The van der Waals surface area contributed by atoms with Crippen molar-refractivity contribution in [2.75, 3.05) is 7.05 Å². The summed E-state index contributed by atoms with van der Waals surface area (Å²) in [6.07, 6.45) is 2.96. The van der Waals surface area contributed by atoms with E-state index < -0.39 is 0 Å². The molecule has 1 amide bonds. The van der Waals surface area contributed by atoms with Crippen molar-refractivity contribution in [3.05, 3.63) is 52.7 Å². The first-order chi connectivity index (χ1) is 13.0. The Morgan fingerprint density at radius 1 is 1.41 bits per heavy atom. The van der Waals surface area contributed by atoms with Gasteiger partial charge in [0.2, 0.25) is 11.7 Å². The van der Waals surface area contributed by atoms with Crippen molar-refractivity contribution in [2.45, 2.75) is 39.7 Å². The van der Waals surface area contributed by atoms with Crippen LogP contribution in [0.4, 0.5) is 0 Å². The zero-order valence-electron chi connectivity index (χ0n) is 15.8. The van der Waals surface area contributed by atoms with Crippen LogP contribution in [0.15, 0.2) is 28.8 Å². The topological polar surface area (TPSA) is 87.9 Å². The van der Waals surface area contributed by atoms with Gasteiger partial charge in [-0.2, -0.15) is 10.1 Å². The SMILES string of the molecule is Cc1cccc(-c2noc(CN(C)C(=O)c3n[nH]c4c3CC(C)CC4)n2)c1. The van der Waals surface area contributed by atoms with Crippen molar-refractivity contribution in [3.63, 3.8) is 0 Å². The van der Waals surface area contributed by atoms with Crippen molar-refractivity contribution in [2.24, 2.45) is 5.92 Å². The van der Waals surface area contributed by atoms with Gasteiger partial charge in [0.25, 0.3) is 5.91 Å². The number of nitrogens with one attached hydrogen (secondary N) is 1. The largest absolute Gasteiger partial charge is 0.337 e. The van der Waals surface area contributed by atoms with Crippen LogP contribution in [0, 0.1) is 12.8 Å². The maximum Gasteiger partial charge on any atom is 0.274 e. The highest BCUT2D eigenvalue weighted by Gasteiger charge is 2.27. The molecule has 0 saturated carbocycles. The number of H-pyrrole nitrogens is 1. The molecule has 3 aromatic rings. The summed E-state index contributed by atoms with van der Waals surface area (Å²) in [5, 5.41) is 11.3. The van der Waals surface area contributed by atoms with Crippen molar-refractivity contribution >= 4 is 5.91 Å². The van der Waals surface area contributed by atoms with Crippen LogP contribution in [0.3, 0.4) is 0 Å². The molecule has 2 heterocycles. The van der Waals surface area contributed by atoms with E-state index in [0.717, 1.165) is 41.6 Å². The number of hydrogen-bond donors (Lipinski definition) is 1. The minimum Gasteiger partial charge on any atom is -0.337 e. The van der Waals surface area contributed by atoms with E-state index in [1.54, 1.807) is 11.9 Å². The number of aromatic amines is 1. The molecule has 0 spiro atoms. The van der Waals surface area contributed by atoms with E-state index in [4.69, 9.17) is 4.52 Å². The van der Waals surface area contributed by atoms with Crippen LogP contribution in [0.2, 0.25) is 0 Å². The van der Waals surface area contributed by atoms with Gasteiger partial charge in [-0.3, -0.25) is 9.89 Å². The van der Waals surface area contributed by atoms with E-state index in [2.05, 4.69) is 27.3 Å². The van der Waals surface area contributed by atoms with Crippen molar-refractivity contribution in [1.82, 2.24) is 25.2 Å². The highest BCUT2D eigenvalue weighted by molar-refractivity contribution is 5.93. The number of aryl methyl sites for hydroxylation is 2. The van der Waals surface area contributed by atoms with Gasteiger partial charge in [-0.25, -0.2) is 0 Å². The number of aromatic nitrogens is 4. The van der Waals surface area contributed by atoms with Gasteiger partial charge in [0.05, 0.1) is 0 Å². The molecule has 0 fully saturated rings. The monoisotopic (exact) mass is 365 g/mol. The summed E-state index contributed by atoms with van der Waals surface area (Å²) in [5.74, 6) is 1.37. The molecule has 0 aliphatic heterocycles. The normalized spacial score (nSPS) is 16.2. The molecule has 1 unspecified atom stereocenters. The molecule has 4 rings (SSSR count). The predicted octanol–water partition coefficient (Wildman–Crippen LogP) is 3.17. The Morgan fingerprint density at radius 2 is 2.26 bits per heavy atom. The molecular weight excluding hydrogens is 342 g/mol. The lowest BCUT2D eigenvalue weighted by Crippen LogP contribution is -2.28. The van der Waals surface area contributed by atoms with Crippen LogP contribution in [0.1, 0.15) is 46.5 Å². The number of carbonyl (C=O) groups excluding carboxylic acids is 1. The summed E-state index contributed by atoms with van der Waals surface area (Å²) in [7, 11) is 1.73. The van der Waals surface area contributed by atoms with E-state index >= 15 is 0 Å². The van der Waals surface area contributed by atoms with Gasteiger partial charge >= 0.3 is 0 Å². The van der Waals surface area contributed by atoms with E-state index in [-0.39, 0.29) is 12.5 Å². The minimum absolute atomic E-state index is 0.128. The summed E-state index contributed by atoms with van der Waals surface area (Å²) >= 11 is 0. The van der Waals surface area contributed by atoms with Gasteiger partial charge in [0.15, 0.2) is 5.69 Å². The first kappa shape index (κ1) is 17.5. The van der Waals surface area contributed by atoms with Gasteiger partial charge < -0.3 is 9.42 Å². The van der Waals surface area contributed by atoms with E-state index in [1.165, 1.54) is 0 Å². The summed E-state index contributed by atoms with van der Waals surface area (Å²) < 4.78 is 5.34. The molecule has 7 nitrogen and oxygen atoms in total. The Morgan fingerprint density at radius 3 is 3.07 bits per heavy atom. The number of carbonyl (C=O) groups is 1. The molecule has 1 N–H and O–H groups in total. The van der Waals surface area contributed by atoms with E-state index in [1.807, 2.05) is 31.2 Å². The third-order valence-corrected chi connectivity index (χ3v) is 5.06. The second-order valence-electron chi connectivity index (χ2n) is 7.42.